The van der Waals surface area contributed by atoms with Gasteiger partial charge in [0.2, 0.25) is 0 Å². The highest BCUT2D eigenvalue weighted by Gasteiger charge is 2.19. The molecule has 0 fully saturated rings. The lowest BCUT2D eigenvalue weighted by Crippen LogP contribution is -1.94. The molecule has 0 saturated carbocycles. The van der Waals surface area contributed by atoms with Gasteiger partial charge in [-0.25, -0.2) is 0 Å². The average Bonchev–Trinajstić information content (AvgIpc) is 2.91. The molecule has 0 aliphatic heterocycles. The van der Waals surface area contributed by atoms with Crippen LogP contribution in [0.4, 0.5) is 0 Å². The molecule has 34 heavy (non-hydrogen) atoms. The van der Waals surface area contributed by atoms with Crippen molar-refractivity contribution in [1.82, 2.24) is 9.97 Å². The van der Waals surface area contributed by atoms with Gasteiger partial charge in [0, 0.05) is 39.5 Å². The Kier molecular flexibility index (Phi) is 4.18. The molecule has 0 atom stereocenters. The Bertz CT molecular complexity index is 1850. The molecule has 7 rings (SSSR count). The topological polar surface area (TPSA) is 25.8 Å². The number of hydrogen-bond donors (Lipinski definition) is 0. The summed E-state index contributed by atoms with van der Waals surface area (Å²) in [6.45, 7) is 0. The summed E-state index contributed by atoms with van der Waals surface area (Å²) in [5, 5.41) is 8.25. The van der Waals surface area contributed by atoms with Crippen LogP contribution in [0.25, 0.3) is 65.6 Å². The maximum Gasteiger partial charge on any atom is 0.0721 e. The predicted molar refractivity (Wildman–Crippen MR) is 143 cm³/mol. The molecule has 0 bridgehead atoms. The van der Waals surface area contributed by atoms with E-state index in [-0.39, 0.29) is 0 Å². The molecule has 5 aromatic carbocycles. The third-order valence-corrected chi connectivity index (χ3v) is 6.71. The number of benzene rings is 5. The van der Waals surface area contributed by atoms with Crippen molar-refractivity contribution in [2.45, 2.75) is 0 Å². The van der Waals surface area contributed by atoms with E-state index in [1.54, 1.807) is 0 Å². The summed E-state index contributed by atoms with van der Waals surface area (Å²) in [5.41, 5.74) is 5.55. The average molecular weight is 433 g/mol. The number of para-hydroxylation sites is 1. The SMILES string of the molecule is c1ccc(-c2c3ccccc3c(-c3cc4ccccc4cn3)c3cnc4ccccc4c23)cc1. The Hall–Kier alpha value is -4.56. The van der Waals surface area contributed by atoms with Gasteiger partial charge in [0.25, 0.3) is 0 Å². The first-order valence-electron chi connectivity index (χ1n) is 11.5. The minimum Gasteiger partial charge on any atom is -0.256 e. The summed E-state index contributed by atoms with van der Waals surface area (Å²) in [4.78, 5) is 9.80. The van der Waals surface area contributed by atoms with E-state index in [1.165, 1.54) is 32.7 Å². The van der Waals surface area contributed by atoms with Crippen LogP contribution in [-0.4, -0.2) is 9.97 Å². The predicted octanol–water partition coefficient (Wildman–Crippen LogP) is 8.42. The number of rotatable bonds is 2. The largest absolute Gasteiger partial charge is 0.256 e. The van der Waals surface area contributed by atoms with Gasteiger partial charge < -0.3 is 0 Å². The van der Waals surface area contributed by atoms with Gasteiger partial charge in [0.15, 0.2) is 0 Å². The van der Waals surface area contributed by atoms with Gasteiger partial charge in [-0.3, -0.25) is 9.97 Å². The fraction of sp³-hybridized carbons (Fsp3) is 0. The molecular weight excluding hydrogens is 412 g/mol. The lowest BCUT2D eigenvalue weighted by molar-refractivity contribution is 1.37. The molecule has 2 heteroatoms. The van der Waals surface area contributed by atoms with Gasteiger partial charge in [0.05, 0.1) is 11.2 Å². The van der Waals surface area contributed by atoms with E-state index >= 15 is 0 Å². The number of fused-ring (bicyclic) bond motifs is 5. The summed E-state index contributed by atoms with van der Waals surface area (Å²) in [6.07, 6.45) is 4.01. The quantitative estimate of drug-likeness (QED) is 0.202. The minimum atomic E-state index is 0.969. The number of pyridine rings is 2. The van der Waals surface area contributed by atoms with Crippen molar-refractivity contribution in [2.24, 2.45) is 0 Å². The van der Waals surface area contributed by atoms with Crippen molar-refractivity contribution in [3.63, 3.8) is 0 Å². The fourth-order valence-electron chi connectivity index (χ4n) is 5.20. The first-order valence-corrected chi connectivity index (χ1v) is 11.5. The summed E-state index contributed by atoms with van der Waals surface area (Å²) in [5.74, 6) is 0. The minimum absolute atomic E-state index is 0.969. The smallest absolute Gasteiger partial charge is 0.0721 e. The normalized spacial score (nSPS) is 11.5. The summed E-state index contributed by atoms with van der Waals surface area (Å²) in [6, 6.07) is 38.4. The van der Waals surface area contributed by atoms with Crippen LogP contribution in [0.15, 0.2) is 122 Å². The molecule has 0 N–H and O–H groups in total. The zero-order valence-electron chi connectivity index (χ0n) is 18.4. The van der Waals surface area contributed by atoms with Gasteiger partial charge in [-0.15, -0.1) is 0 Å². The number of hydrogen-bond acceptors (Lipinski definition) is 2. The highest BCUT2D eigenvalue weighted by molar-refractivity contribution is 6.27. The van der Waals surface area contributed by atoms with Crippen LogP contribution >= 0.6 is 0 Å². The lowest BCUT2D eigenvalue weighted by atomic mass is 9.86. The van der Waals surface area contributed by atoms with Crippen LogP contribution in [-0.2, 0) is 0 Å². The van der Waals surface area contributed by atoms with Crippen LogP contribution in [0.2, 0.25) is 0 Å². The molecule has 0 amide bonds. The van der Waals surface area contributed by atoms with Crippen LogP contribution in [0.3, 0.4) is 0 Å². The summed E-state index contributed by atoms with van der Waals surface area (Å²) in [7, 11) is 0. The second-order valence-corrected chi connectivity index (χ2v) is 8.64. The van der Waals surface area contributed by atoms with Gasteiger partial charge in [0.1, 0.15) is 0 Å². The zero-order valence-corrected chi connectivity index (χ0v) is 18.4. The van der Waals surface area contributed by atoms with E-state index in [0.717, 1.165) is 32.9 Å². The van der Waals surface area contributed by atoms with Crippen molar-refractivity contribution in [2.75, 3.05) is 0 Å². The molecule has 2 aromatic heterocycles. The third-order valence-electron chi connectivity index (χ3n) is 6.71. The summed E-state index contributed by atoms with van der Waals surface area (Å²) >= 11 is 0. The van der Waals surface area contributed by atoms with E-state index < -0.39 is 0 Å². The molecule has 0 aliphatic carbocycles. The molecule has 158 valence electrons. The molecule has 0 aliphatic rings. The molecule has 2 nitrogen and oxygen atoms in total. The van der Waals surface area contributed by atoms with E-state index in [4.69, 9.17) is 9.97 Å². The molecule has 0 unspecified atom stereocenters. The van der Waals surface area contributed by atoms with Crippen LogP contribution in [0.5, 0.6) is 0 Å². The van der Waals surface area contributed by atoms with E-state index in [1.807, 2.05) is 12.4 Å². The van der Waals surface area contributed by atoms with Crippen molar-refractivity contribution < 1.29 is 0 Å². The Morgan fingerprint density at radius 3 is 1.91 bits per heavy atom. The molecule has 2 heterocycles. The second kappa shape index (κ2) is 7.50. The Labute approximate surface area is 197 Å². The molecule has 0 radical (unpaired) electrons. The van der Waals surface area contributed by atoms with Gasteiger partial charge in [-0.05, 0) is 39.4 Å². The van der Waals surface area contributed by atoms with Crippen molar-refractivity contribution in [1.29, 1.82) is 0 Å². The molecule has 0 saturated heterocycles. The maximum absolute atomic E-state index is 4.93. The molecule has 7 aromatic rings. The Morgan fingerprint density at radius 2 is 1.09 bits per heavy atom. The highest BCUT2D eigenvalue weighted by atomic mass is 14.7. The van der Waals surface area contributed by atoms with Crippen molar-refractivity contribution in [3.05, 3.63) is 122 Å². The van der Waals surface area contributed by atoms with Gasteiger partial charge in [-0.1, -0.05) is 97.1 Å². The van der Waals surface area contributed by atoms with Crippen LogP contribution in [0.1, 0.15) is 0 Å². The van der Waals surface area contributed by atoms with Gasteiger partial charge >= 0.3 is 0 Å². The van der Waals surface area contributed by atoms with E-state index in [0.29, 0.717) is 0 Å². The Balaban J connectivity index is 1.73. The monoisotopic (exact) mass is 432 g/mol. The van der Waals surface area contributed by atoms with Crippen molar-refractivity contribution >= 4 is 43.2 Å². The molecule has 0 spiro atoms. The van der Waals surface area contributed by atoms with E-state index in [9.17, 15) is 0 Å². The highest BCUT2D eigenvalue weighted by Crippen LogP contribution is 2.45. The number of nitrogens with zero attached hydrogens (tertiary/aromatic N) is 2. The Morgan fingerprint density at radius 1 is 0.441 bits per heavy atom. The van der Waals surface area contributed by atoms with Gasteiger partial charge in [-0.2, -0.15) is 0 Å². The first kappa shape index (κ1) is 19.0. The standard InChI is InChI=1S/C32H20N2/c1-2-10-21(11-3-1)30-24-14-6-7-15-25(24)31(29-18-22-12-4-5-13-23(22)19-33-29)27-20-34-28-17-9-8-16-26(28)32(27)30/h1-20H. The van der Waals surface area contributed by atoms with Crippen molar-refractivity contribution in [3.8, 4) is 22.4 Å². The van der Waals surface area contributed by atoms with E-state index in [2.05, 4.69) is 109 Å². The lowest BCUT2D eigenvalue weighted by Gasteiger charge is -2.18. The second-order valence-electron chi connectivity index (χ2n) is 8.64. The van der Waals surface area contributed by atoms with Crippen LogP contribution in [0, 0.1) is 0 Å². The summed E-state index contributed by atoms with van der Waals surface area (Å²) < 4.78 is 0. The molecular formula is C32H20N2. The maximum atomic E-state index is 4.93. The third kappa shape index (κ3) is 2.82. The first-order chi connectivity index (χ1) is 16.9. The van der Waals surface area contributed by atoms with Crippen LogP contribution < -0.4 is 0 Å². The fourth-order valence-corrected chi connectivity index (χ4v) is 5.20. The zero-order chi connectivity index (χ0) is 22.5. The number of aromatic nitrogens is 2.